The fourth-order valence-electron chi connectivity index (χ4n) is 2.70. The van der Waals surface area contributed by atoms with Crippen molar-refractivity contribution in [1.82, 2.24) is 4.90 Å². The van der Waals surface area contributed by atoms with E-state index in [1.165, 1.54) is 25.7 Å². The fourth-order valence-corrected chi connectivity index (χ4v) is 2.70. The summed E-state index contributed by atoms with van der Waals surface area (Å²) in [6.07, 6.45) is 6.16. The van der Waals surface area contributed by atoms with Crippen LogP contribution < -0.4 is 5.73 Å². The van der Waals surface area contributed by atoms with Crippen molar-refractivity contribution in [3.63, 3.8) is 0 Å². The molecule has 0 aromatic heterocycles. The molecule has 0 bridgehead atoms. The minimum absolute atomic E-state index is 0.410. The highest BCUT2D eigenvalue weighted by atomic mass is 16.5. The van der Waals surface area contributed by atoms with E-state index in [9.17, 15) is 0 Å². The molecule has 0 aromatic rings. The van der Waals surface area contributed by atoms with Gasteiger partial charge in [-0.3, -0.25) is 4.90 Å². The Morgan fingerprint density at radius 3 is 2.75 bits per heavy atom. The summed E-state index contributed by atoms with van der Waals surface area (Å²) in [5.41, 5.74) is 6.08. The van der Waals surface area contributed by atoms with Gasteiger partial charge in [0.1, 0.15) is 0 Å². The van der Waals surface area contributed by atoms with Crippen LogP contribution in [0.5, 0.6) is 0 Å². The van der Waals surface area contributed by atoms with Crippen LogP contribution in [-0.4, -0.2) is 43.3 Å². The molecule has 0 heterocycles. The second kappa shape index (κ2) is 7.25. The Hall–Kier alpha value is -0.120. The first kappa shape index (κ1) is 13.9. The predicted molar refractivity (Wildman–Crippen MR) is 68.6 cm³/mol. The Kier molecular flexibility index (Phi) is 6.32. The predicted octanol–water partition coefficient (Wildman–Crippen LogP) is 2.00. The van der Waals surface area contributed by atoms with Crippen LogP contribution in [0.3, 0.4) is 0 Å². The van der Waals surface area contributed by atoms with Gasteiger partial charge in [-0.1, -0.05) is 13.3 Å². The summed E-state index contributed by atoms with van der Waals surface area (Å²) in [6.45, 7) is 6.45. The third-order valence-electron chi connectivity index (χ3n) is 3.87. The maximum absolute atomic E-state index is 6.08. The minimum Gasteiger partial charge on any atom is -0.383 e. The lowest BCUT2D eigenvalue weighted by molar-refractivity contribution is 0.0674. The molecule has 3 nitrogen and oxygen atoms in total. The summed E-state index contributed by atoms with van der Waals surface area (Å²) in [6, 6.07) is 1.73. The number of hydrogen-bond acceptors (Lipinski definition) is 3. The molecule has 0 radical (unpaired) electrons. The van der Waals surface area contributed by atoms with Gasteiger partial charge < -0.3 is 10.5 Å². The largest absolute Gasteiger partial charge is 0.383 e. The van der Waals surface area contributed by atoms with Gasteiger partial charge in [-0.15, -0.1) is 0 Å². The number of methoxy groups -OCH3 is 1. The van der Waals surface area contributed by atoms with Crippen molar-refractivity contribution in [2.45, 2.75) is 64.1 Å². The summed E-state index contributed by atoms with van der Waals surface area (Å²) in [5, 5.41) is 0. The lowest BCUT2D eigenvalue weighted by Gasteiger charge is -2.39. The summed E-state index contributed by atoms with van der Waals surface area (Å²) < 4.78 is 5.21. The van der Waals surface area contributed by atoms with E-state index < -0.39 is 0 Å². The number of ether oxygens (including phenoxy) is 1. The van der Waals surface area contributed by atoms with Crippen molar-refractivity contribution >= 4 is 0 Å². The van der Waals surface area contributed by atoms with Crippen LogP contribution in [-0.2, 0) is 4.74 Å². The van der Waals surface area contributed by atoms with Crippen molar-refractivity contribution in [2.24, 2.45) is 5.73 Å². The highest BCUT2D eigenvalue weighted by molar-refractivity contribution is 4.84. The molecule has 0 saturated heterocycles. The molecule has 96 valence electrons. The zero-order valence-electron chi connectivity index (χ0n) is 11.1. The Labute approximate surface area is 100 Å². The Morgan fingerprint density at radius 2 is 2.19 bits per heavy atom. The zero-order chi connectivity index (χ0) is 12.0. The molecule has 3 unspecified atom stereocenters. The molecule has 16 heavy (non-hydrogen) atoms. The average Bonchev–Trinajstić information content (AvgIpc) is 2.29. The van der Waals surface area contributed by atoms with E-state index in [1.54, 1.807) is 7.11 Å². The highest BCUT2D eigenvalue weighted by Crippen LogP contribution is 2.24. The molecule has 1 fully saturated rings. The summed E-state index contributed by atoms with van der Waals surface area (Å²) in [7, 11) is 1.78. The number of rotatable bonds is 6. The maximum atomic E-state index is 6.08. The Morgan fingerprint density at radius 1 is 1.44 bits per heavy atom. The SMILES string of the molecule is CCC(C)N(CCOC)C1CCCC(N)C1. The maximum Gasteiger partial charge on any atom is 0.0589 e. The molecule has 0 aromatic carbocycles. The van der Waals surface area contributed by atoms with Crippen molar-refractivity contribution in [3.8, 4) is 0 Å². The number of nitrogens with zero attached hydrogens (tertiary/aromatic N) is 1. The van der Waals surface area contributed by atoms with Gasteiger partial charge in [-0.2, -0.15) is 0 Å². The van der Waals surface area contributed by atoms with Crippen molar-refractivity contribution in [1.29, 1.82) is 0 Å². The lowest BCUT2D eigenvalue weighted by Crippen LogP contribution is -2.47. The van der Waals surface area contributed by atoms with Crippen molar-refractivity contribution < 1.29 is 4.74 Å². The highest BCUT2D eigenvalue weighted by Gasteiger charge is 2.27. The van der Waals surface area contributed by atoms with Gasteiger partial charge >= 0.3 is 0 Å². The number of hydrogen-bond donors (Lipinski definition) is 1. The molecule has 1 rings (SSSR count). The molecule has 0 aliphatic heterocycles. The first-order chi connectivity index (χ1) is 7.69. The summed E-state index contributed by atoms with van der Waals surface area (Å²) in [5.74, 6) is 0. The molecule has 3 heteroatoms. The lowest BCUT2D eigenvalue weighted by atomic mass is 9.89. The van der Waals surface area contributed by atoms with E-state index >= 15 is 0 Å². The third-order valence-corrected chi connectivity index (χ3v) is 3.87. The fraction of sp³-hybridized carbons (Fsp3) is 1.00. The van der Waals surface area contributed by atoms with Crippen LogP contribution >= 0.6 is 0 Å². The van der Waals surface area contributed by atoms with E-state index in [0.29, 0.717) is 18.1 Å². The van der Waals surface area contributed by atoms with E-state index in [0.717, 1.165) is 19.6 Å². The molecule has 1 aliphatic rings. The number of nitrogens with two attached hydrogens (primary N) is 1. The standard InChI is InChI=1S/C13H28N2O/c1-4-11(2)15(8-9-16-3)13-7-5-6-12(14)10-13/h11-13H,4-10,14H2,1-3H3. The van der Waals surface area contributed by atoms with Gasteiger partial charge in [0.05, 0.1) is 6.61 Å². The molecular weight excluding hydrogens is 200 g/mol. The van der Waals surface area contributed by atoms with E-state index in [2.05, 4.69) is 18.7 Å². The van der Waals surface area contributed by atoms with Crippen LogP contribution in [0.4, 0.5) is 0 Å². The second-order valence-corrected chi connectivity index (χ2v) is 5.07. The van der Waals surface area contributed by atoms with E-state index in [-0.39, 0.29) is 0 Å². The van der Waals surface area contributed by atoms with Gasteiger partial charge in [-0.25, -0.2) is 0 Å². The van der Waals surface area contributed by atoms with Gasteiger partial charge in [-0.05, 0) is 32.6 Å². The van der Waals surface area contributed by atoms with E-state index in [4.69, 9.17) is 10.5 Å². The van der Waals surface area contributed by atoms with Crippen LogP contribution in [0, 0.1) is 0 Å². The van der Waals surface area contributed by atoms with Crippen LogP contribution in [0.25, 0.3) is 0 Å². The molecule has 2 N–H and O–H groups in total. The van der Waals surface area contributed by atoms with Crippen LogP contribution in [0.1, 0.15) is 46.0 Å². The zero-order valence-corrected chi connectivity index (χ0v) is 11.1. The molecule has 3 atom stereocenters. The first-order valence-electron chi connectivity index (χ1n) is 6.69. The monoisotopic (exact) mass is 228 g/mol. The topological polar surface area (TPSA) is 38.5 Å². The molecule has 0 spiro atoms. The van der Waals surface area contributed by atoms with Gasteiger partial charge in [0.25, 0.3) is 0 Å². The molecular formula is C13H28N2O. The van der Waals surface area contributed by atoms with Crippen molar-refractivity contribution in [2.75, 3.05) is 20.3 Å². The summed E-state index contributed by atoms with van der Waals surface area (Å²) in [4.78, 5) is 2.60. The minimum atomic E-state index is 0.410. The van der Waals surface area contributed by atoms with E-state index in [1.807, 2.05) is 0 Å². The second-order valence-electron chi connectivity index (χ2n) is 5.07. The average molecular weight is 228 g/mol. The van der Waals surface area contributed by atoms with Gasteiger partial charge in [0, 0.05) is 31.8 Å². The van der Waals surface area contributed by atoms with Crippen LogP contribution in [0.15, 0.2) is 0 Å². The molecule has 0 amide bonds. The molecule has 1 aliphatic carbocycles. The third kappa shape index (κ3) is 4.04. The first-order valence-corrected chi connectivity index (χ1v) is 6.69. The van der Waals surface area contributed by atoms with Crippen molar-refractivity contribution in [3.05, 3.63) is 0 Å². The quantitative estimate of drug-likeness (QED) is 0.756. The smallest absolute Gasteiger partial charge is 0.0589 e. The summed E-state index contributed by atoms with van der Waals surface area (Å²) >= 11 is 0. The molecule has 1 saturated carbocycles. The van der Waals surface area contributed by atoms with Gasteiger partial charge in [0.15, 0.2) is 0 Å². The normalized spacial score (nSPS) is 28.3. The van der Waals surface area contributed by atoms with Gasteiger partial charge in [0.2, 0.25) is 0 Å². The van der Waals surface area contributed by atoms with Crippen LogP contribution in [0.2, 0.25) is 0 Å². The Bertz CT molecular complexity index is 187. The Balaban J connectivity index is 2.52.